The molecule has 0 amide bonds. The summed E-state index contributed by atoms with van der Waals surface area (Å²) in [4.78, 5) is 0. The summed E-state index contributed by atoms with van der Waals surface area (Å²) in [6.45, 7) is 0. The number of hydrogen-bond acceptors (Lipinski definition) is 5. The number of nitrogens with zero attached hydrogens (tertiary/aromatic N) is 1. The van der Waals surface area contributed by atoms with E-state index in [9.17, 15) is 8.42 Å². The lowest BCUT2D eigenvalue weighted by Crippen LogP contribution is -1.93. The number of furan rings is 1. The topological polar surface area (TPSA) is 79.9 Å². The molecule has 12 heavy (non-hydrogen) atoms. The van der Waals surface area contributed by atoms with Crippen LogP contribution in [0.25, 0.3) is 0 Å². The molecule has 0 aliphatic rings. The Morgan fingerprint density at radius 1 is 1.58 bits per heavy atom. The Kier molecular flexibility index (Phi) is 2.18. The maximum absolute atomic E-state index is 10.8. The van der Waals surface area contributed by atoms with Crippen LogP contribution in [0.4, 0.5) is 0 Å². The van der Waals surface area contributed by atoms with Gasteiger partial charge in [-0.15, -0.1) is 0 Å². The van der Waals surface area contributed by atoms with Gasteiger partial charge in [0.15, 0.2) is 0 Å². The van der Waals surface area contributed by atoms with Gasteiger partial charge in [0.05, 0.1) is 0 Å². The predicted octanol–water partition coefficient (Wildman–Crippen LogP) is 0.491. The fourth-order valence-electron chi connectivity index (χ4n) is 0.660. The van der Waals surface area contributed by atoms with E-state index < -0.39 is 9.84 Å². The molecule has 1 N–H and O–H groups in total. The van der Waals surface area contributed by atoms with Gasteiger partial charge in [-0.05, 0) is 12.1 Å². The van der Waals surface area contributed by atoms with Crippen LogP contribution in [0.1, 0.15) is 5.76 Å². The summed E-state index contributed by atoms with van der Waals surface area (Å²) in [5.74, 6) is 0.193. The quantitative estimate of drug-likeness (QED) is 0.417. The summed E-state index contributed by atoms with van der Waals surface area (Å²) >= 11 is 0. The summed E-state index contributed by atoms with van der Waals surface area (Å²) in [5, 5.41) is 10.6. The minimum atomic E-state index is -3.31. The molecule has 0 fully saturated rings. The Morgan fingerprint density at radius 2 is 2.25 bits per heavy atom. The zero-order valence-electron chi connectivity index (χ0n) is 6.26. The molecule has 0 atom stereocenters. The van der Waals surface area contributed by atoms with E-state index in [0.717, 1.165) is 12.5 Å². The van der Waals surface area contributed by atoms with Crippen molar-refractivity contribution in [2.45, 2.75) is 5.09 Å². The Hall–Kier alpha value is -1.30. The molecule has 0 saturated heterocycles. The van der Waals surface area contributed by atoms with E-state index in [2.05, 4.69) is 5.16 Å². The molecule has 0 spiro atoms. The third-order valence-corrected chi connectivity index (χ3v) is 2.10. The van der Waals surface area contributed by atoms with Crippen LogP contribution in [0.2, 0.25) is 0 Å². The highest BCUT2D eigenvalue weighted by Crippen LogP contribution is 2.11. The van der Waals surface area contributed by atoms with E-state index in [-0.39, 0.29) is 10.9 Å². The van der Waals surface area contributed by atoms with Gasteiger partial charge in [0.2, 0.25) is 14.9 Å². The van der Waals surface area contributed by atoms with Crippen LogP contribution in [0, 0.1) is 0 Å². The number of sulfone groups is 1. The average molecular weight is 189 g/mol. The van der Waals surface area contributed by atoms with Gasteiger partial charge < -0.3 is 9.62 Å². The van der Waals surface area contributed by atoms with Gasteiger partial charge in [0.1, 0.15) is 12.0 Å². The van der Waals surface area contributed by atoms with Crippen LogP contribution >= 0.6 is 0 Å². The van der Waals surface area contributed by atoms with Crippen molar-refractivity contribution in [1.29, 1.82) is 0 Å². The second-order valence-electron chi connectivity index (χ2n) is 2.17. The summed E-state index contributed by atoms with van der Waals surface area (Å²) < 4.78 is 26.5. The van der Waals surface area contributed by atoms with Crippen molar-refractivity contribution in [3.63, 3.8) is 0 Å². The van der Waals surface area contributed by atoms with E-state index in [1.165, 1.54) is 12.1 Å². The van der Waals surface area contributed by atoms with Crippen molar-refractivity contribution in [1.82, 2.24) is 0 Å². The summed E-state index contributed by atoms with van der Waals surface area (Å²) in [5.41, 5.74) is 0. The zero-order chi connectivity index (χ0) is 9.19. The van der Waals surface area contributed by atoms with Gasteiger partial charge >= 0.3 is 0 Å². The monoisotopic (exact) mass is 189 g/mol. The second-order valence-corrected chi connectivity index (χ2v) is 4.12. The van der Waals surface area contributed by atoms with Crippen molar-refractivity contribution in [2.75, 3.05) is 6.26 Å². The summed E-state index contributed by atoms with van der Waals surface area (Å²) in [6, 6.07) is 2.70. The molecular formula is C6H7NO4S. The van der Waals surface area contributed by atoms with Crippen molar-refractivity contribution < 1.29 is 18.0 Å². The molecule has 0 aromatic carbocycles. The predicted molar refractivity (Wildman–Crippen MR) is 41.2 cm³/mol. The lowest BCUT2D eigenvalue weighted by molar-refractivity contribution is 0.320. The SMILES string of the molecule is CS(=O)(=O)c1ccc(C=NO)o1. The van der Waals surface area contributed by atoms with Crippen LogP contribution in [0.15, 0.2) is 26.8 Å². The molecule has 1 aromatic heterocycles. The highest BCUT2D eigenvalue weighted by Gasteiger charge is 2.11. The Labute approximate surface area is 69.2 Å². The standard InChI is InChI=1S/C6H7NO4S/c1-12(9,10)6-3-2-5(11-6)4-7-8/h2-4,8H,1H3. The minimum absolute atomic E-state index is 0.141. The van der Waals surface area contributed by atoms with Gasteiger partial charge in [0.25, 0.3) is 0 Å². The molecule has 5 nitrogen and oxygen atoms in total. The third kappa shape index (κ3) is 1.85. The third-order valence-electron chi connectivity index (χ3n) is 1.15. The summed E-state index contributed by atoms with van der Waals surface area (Å²) in [6.07, 6.45) is 2.04. The number of oxime groups is 1. The lowest BCUT2D eigenvalue weighted by atomic mass is 10.5. The fraction of sp³-hybridized carbons (Fsp3) is 0.167. The molecule has 1 rings (SSSR count). The average Bonchev–Trinajstić information content (AvgIpc) is 2.35. The van der Waals surface area contributed by atoms with Crippen molar-refractivity contribution in [2.24, 2.45) is 5.16 Å². The van der Waals surface area contributed by atoms with Gasteiger partial charge in [-0.3, -0.25) is 0 Å². The number of rotatable bonds is 2. The van der Waals surface area contributed by atoms with E-state index in [1.807, 2.05) is 0 Å². The molecule has 1 aromatic rings. The Morgan fingerprint density at radius 3 is 2.67 bits per heavy atom. The van der Waals surface area contributed by atoms with Gasteiger partial charge in [0, 0.05) is 6.26 Å². The fourth-order valence-corrected chi connectivity index (χ4v) is 1.22. The molecule has 0 unspecified atom stereocenters. The van der Waals surface area contributed by atoms with Crippen LogP contribution in [0.5, 0.6) is 0 Å². The van der Waals surface area contributed by atoms with Gasteiger partial charge in [-0.2, -0.15) is 0 Å². The molecule has 1 heterocycles. The van der Waals surface area contributed by atoms with Crippen LogP contribution < -0.4 is 0 Å². The molecule has 0 radical (unpaired) electrons. The minimum Gasteiger partial charge on any atom is -0.444 e. The van der Waals surface area contributed by atoms with Crippen LogP contribution in [0.3, 0.4) is 0 Å². The first kappa shape index (κ1) is 8.79. The van der Waals surface area contributed by atoms with E-state index in [0.29, 0.717) is 0 Å². The molecule has 66 valence electrons. The number of hydrogen-bond donors (Lipinski definition) is 1. The van der Waals surface area contributed by atoms with Crippen LogP contribution in [-0.4, -0.2) is 26.1 Å². The highest BCUT2D eigenvalue weighted by atomic mass is 32.2. The smallest absolute Gasteiger partial charge is 0.218 e. The largest absolute Gasteiger partial charge is 0.444 e. The van der Waals surface area contributed by atoms with Crippen molar-refractivity contribution in [3.8, 4) is 0 Å². The Balaban J connectivity index is 3.08. The molecule has 0 aliphatic carbocycles. The maximum Gasteiger partial charge on any atom is 0.218 e. The maximum atomic E-state index is 10.8. The molecule has 0 bridgehead atoms. The summed E-state index contributed by atoms with van der Waals surface area (Å²) in [7, 11) is -3.31. The normalized spacial score (nSPS) is 12.4. The molecule has 0 saturated carbocycles. The second kappa shape index (κ2) is 2.98. The zero-order valence-corrected chi connectivity index (χ0v) is 7.08. The first-order valence-corrected chi connectivity index (χ1v) is 4.90. The van der Waals surface area contributed by atoms with E-state index in [1.54, 1.807) is 0 Å². The van der Waals surface area contributed by atoms with E-state index >= 15 is 0 Å². The van der Waals surface area contributed by atoms with E-state index in [4.69, 9.17) is 9.62 Å². The lowest BCUT2D eigenvalue weighted by Gasteiger charge is -1.88. The van der Waals surface area contributed by atoms with Crippen molar-refractivity contribution in [3.05, 3.63) is 17.9 Å². The Bertz CT molecular complexity index is 389. The first-order chi connectivity index (χ1) is 5.54. The van der Waals surface area contributed by atoms with Gasteiger partial charge in [-0.1, -0.05) is 5.16 Å². The molecule has 6 heteroatoms. The highest BCUT2D eigenvalue weighted by molar-refractivity contribution is 7.90. The van der Waals surface area contributed by atoms with Crippen LogP contribution in [-0.2, 0) is 9.84 Å². The van der Waals surface area contributed by atoms with Gasteiger partial charge in [-0.25, -0.2) is 8.42 Å². The molecular weight excluding hydrogens is 182 g/mol. The first-order valence-electron chi connectivity index (χ1n) is 3.01. The molecule has 0 aliphatic heterocycles. The van der Waals surface area contributed by atoms with Crippen molar-refractivity contribution >= 4 is 16.1 Å².